The molecule has 0 bridgehead atoms. The zero-order valence-corrected chi connectivity index (χ0v) is 13.7. The maximum absolute atomic E-state index is 12.3. The molecule has 2 aromatic heterocycles. The number of pyridine rings is 1. The monoisotopic (exact) mass is 330 g/mol. The molecule has 0 spiro atoms. The summed E-state index contributed by atoms with van der Waals surface area (Å²) >= 11 is 1.09. The lowest BCUT2D eigenvalue weighted by Crippen LogP contribution is -2.25. The SMILES string of the molecule is CCCNC(=O)c1snc(-c2ccccn2)c1NC(=O)C1CC1. The number of hydrogen-bond acceptors (Lipinski definition) is 5. The van der Waals surface area contributed by atoms with E-state index in [0.29, 0.717) is 28.5 Å². The molecule has 1 saturated carbocycles. The van der Waals surface area contributed by atoms with Gasteiger partial charge in [0.25, 0.3) is 5.91 Å². The van der Waals surface area contributed by atoms with Crippen molar-refractivity contribution >= 4 is 29.0 Å². The number of aromatic nitrogens is 2. The highest BCUT2D eigenvalue weighted by atomic mass is 32.1. The molecular formula is C16H18N4O2S. The van der Waals surface area contributed by atoms with Gasteiger partial charge in [0, 0.05) is 18.7 Å². The Kier molecular flexibility index (Phi) is 4.66. The molecule has 2 heterocycles. The van der Waals surface area contributed by atoms with Crippen LogP contribution in [0.25, 0.3) is 11.4 Å². The fourth-order valence-corrected chi connectivity index (χ4v) is 2.89. The standard InChI is InChI=1S/C16H18N4O2S/c1-2-8-18-16(22)14-13(19-15(21)10-6-7-10)12(20-23-14)11-5-3-4-9-17-11/h3-5,9-10H,2,6-8H2,1H3,(H,18,22)(H,19,21). The van der Waals surface area contributed by atoms with E-state index in [1.807, 2.05) is 25.1 Å². The molecule has 0 radical (unpaired) electrons. The van der Waals surface area contributed by atoms with Gasteiger partial charge in [0.05, 0.1) is 11.4 Å². The topological polar surface area (TPSA) is 84.0 Å². The molecule has 0 atom stereocenters. The van der Waals surface area contributed by atoms with Crippen molar-refractivity contribution in [2.45, 2.75) is 26.2 Å². The van der Waals surface area contributed by atoms with Gasteiger partial charge in [0.2, 0.25) is 5.91 Å². The molecular weight excluding hydrogens is 312 g/mol. The van der Waals surface area contributed by atoms with E-state index in [2.05, 4.69) is 20.0 Å². The normalized spacial score (nSPS) is 13.6. The van der Waals surface area contributed by atoms with Crippen molar-refractivity contribution in [1.29, 1.82) is 0 Å². The highest BCUT2D eigenvalue weighted by Crippen LogP contribution is 2.35. The molecule has 2 aromatic rings. The second-order valence-corrected chi connectivity index (χ2v) is 6.24. The van der Waals surface area contributed by atoms with E-state index in [9.17, 15) is 9.59 Å². The lowest BCUT2D eigenvalue weighted by Gasteiger charge is -2.08. The van der Waals surface area contributed by atoms with E-state index in [4.69, 9.17) is 0 Å². The summed E-state index contributed by atoms with van der Waals surface area (Å²) in [6.07, 6.45) is 4.32. The van der Waals surface area contributed by atoms with Gasteiger partial charge in [-0.3, -0.25) is 14.6 Å². The Morgan fingerprint density at radius 2 is 2.17 bits per heavy atom. The Balaban J connectivity index is 1.94. The van der Waals surface area contributed by atoms with E-state index in [0.717, 1.165) is 30.8 Å². The first-order valence-electron chi connectivity index (χ1n) is 7.70. The molecule has 1 aliphatic carbocycles. The van der Waals surface area contributed by atoms with Crippen molar-refractivity contribution in [2.24, 2.45) is 5.92 Å². The molecule has 0 saturated heterocycles. The van der Waals surface area contributed by atoms with Gasteiger partial charge >= 0.3 is 0 Å². The first-order chi connectivity index (χ1) is 11.2. The van der Waals surface area contributed by atoms with Gasteiger partial charge in [-0.15, -0.1) is 0 Å². The van der Waals surface area contributed by atoms with E-state index in [-0.39, 0.29) is 17.7 Å². The lowest BCUT2D eigenvalue weighted by atomic mass is 10.2. The molecule has 1 fully saturated rings. The Bertz CT molecular complexity index is 710. The molecule has 0 unspecified atom stereocenters. The molecule has 3 rings (SSSR count). The van der Waals surface area contributed by atoms with Crippen LogP contribution < -0.4 is 10.6 Å². The van der Waals surface area contributed by atoms with Gasteiger partial charge in [-0.2, -0.15) is 4.37 Å². The average Bonchev–Trinajstić information content (AvgIpc) is 3.35. The van der Waals surface area contributed by atoms with Crippen molar-refractivity contribution in [3.05, 3.63) is 29.3 Å². The molecule has 6 nitrogen and oxygen atoms in total. The van der Waals surface area contributed by atoms with Gasteiger partial charge in [-0.1, -0.05) is 13.0 Å². The summed E-state index contributed by atoms with van der Waals surface area (Å²) in [5.74, 6) is -0.206. The molecule has 2 amide bonds. The average molecular weight is 330 g/mol. The van der Waals surface area contributed by atoms with Crippen LogP contribution in [-0.2, 0) is 4.79 Å². The van der Waals surface area contributed by atoms with Crippen LogP contribution >= 0.6 is 11.5 Å². The number of amides is 2. The van der Waals surface area contributed by atoms with E-state index >= 15 is 0 Å². The van der Waals surface area contributed by atoms with Gasteiger partial charge in [0.15, 0.2) is 0 Å². The van der Waals surface area contributed by atoms with Crippen LogP contribution in [0, 0.1) is 5.92 Å². The maximum Gasteiger partial charge on any atom is 0.265 e. The maximum atomic E-state index is 12.3. The molecule has 0 aromatic carbocycles. The molecule has 7 heteroatoms. The third kappa shape index (κ3) is 3.56. The lowest BCUT2D eigenvalue weighted by molar-refractivity contribution is -0.117. The van der Waals surface area contributed by atoms with Crippen molar-refractivity contribution in [1.82, 2.24) is 14.7 Å². The number of nitrogens with one attached hydrogen (secondary N) is 2. The summed E-state index contributed by atoms with van der Waals surface area (Å²) in [6.45, 7) is 2.58. The number of carbonyl (C=O) groups is 2. The minimum Gasteiger partial charge on any atom is -0.351 e. The fourth-order valence-electron chi connectivity index (χ4n) is 2.13. The van der Waals surface area contributed by atoms with E-state index < -0.39 is 0 Å². The zero-order chi connectivity index (χ0) is 16.2. The van der Waals surface area contributed by atoms with Crippen LogP contribution in [0.2, 0.25) is 0 Å². The van der Waals surface area contributed by atoms with Crippen LogP contribution in [0.5, 0.6) is 0 Å². The van der Waals surface area contributed by atoms with Crippen molar-refractivity contribution in [3.63, 3.8) is 0 Å². The zero-order valence-electron chi connectivity index (χ0n) is 12.8. The Hall–Kier alpha value is -2.28. The van der Waals surface area contributed by atoms with Crippen molar-refractivity contribution in [3.8, 4) is 11.4 Å². The molecule has 0 aliphatic heterocycles. The van der Waals surface area contributed by atoms with Crippen LogP contribution in [0.1, 0.15) is 35.9 Å². The van der Waals surface area contributed by atoms with Gasteiger partial charge in [-0.05, 0) is 42.9 Å². The van der Waals surface area contributed by atoms with Gasteiger partial charge in [0.1, 0.15) is 10.6 Å². The second kappa shape index (κ2) is 6.87. The van der Waals surface area contributed by atoms with Gasteiger partial charge < -0.3 is 10.6 Å². The van der Waals surface area contributed by atoms with E-state index in [1.165, 1.54) is 0 Å². The fraction of sp³-hybridized carbons (Fsp3) is 0.375. The summed E-state index contributed by atoms with van der Waals surface area (Å²) in [7, 11) is 0. The van der Waals surface area contributed by atoms with E-state index in [1.54, 1.807) is 6.20 Å². The number of hydrogen-bond donors (Lipinski definition) is 2. The molecule has 1 aliphatic rings. The summed E-state index contributed by atoms with van der Waals surface area (Å²) < 4.78 is 4.35. The van der Waals surface area contributed by atoms with Gasteiger partial charge in [-0.25, -0.2) is 0 Å². The number of rotatable bonds is 6. The second-order valence-electron chi connectivity index (χ2n) is 5.47. The van der Waals surface area contributed by atoms with Crippen molar-refractivity contribution in [2.75, 3.05) is 11.9 Å². The van der Waals surface area contributed by atoms with Crippen LogP contribution in [0.3, 0.4) is 0 Å². The smallest absolute Gasteiger partial charge is 0.265 e. The van der Waals surface area contributed by atoms with Crippen LogP contribution in [0.4, 0.5) is 5.69 Å². The van der Waals surface area contributed by atoms with Crippen molar-refractivity contribution < 1.29 is 9.59 Å². The number of anilines is 1. The first-order valence-corrected chi connectivity index (χ1v) is 8.48. The number of nitrogens with zero attached hydrogens (tertiary/aromatic N) is 2. The molecule has 120 valence electrons. The third-order valence-corrected chi connectivity index (χ3v) is 4.38. The minimum absolute atomic E-state index is 0.0491. The first kappa shape index (κ1) is 15.6. The number of carbonyl (C=O) groups excluding carboxylic acids is 2. The molecule has 23 heavy (non-hydrogen) atoms. The highest BCUT2D eigenvalue weighted by molar-refractivity contribution is 7.09. The third-order valence-electron chi connectivity index (χ3n) is 3.54. The Labute approximate surface area is 138 Å². The molecule has 2 N–H and O–H groups in total. The van der Waals surface area contributed by atoms with Crippen LogP contribution in [-0.4, -0.2) is 27.7 Å². The highest BCUT2D eigenvalue weighted by Gasteiger charge is 2.32. The minimum atomic E-state index is -0.211. The Morgan fingerprint density at radius 1 is 1.35 bits per heavy atom. The summed E-state index contributed by atoms with van der Waals surface area (Å²) in [5.41, 5.74) is 1.66. The van der Waals surface area contributed by atoms with Crippen LogP contribution in [0.15, 0.2) is 24.4 Å². The predicted molar refractivity (Wildman–Crippen MR) is 89.3 cm³/mol. The quantitative estimate of drug-likeness (QED) is 0.853. The Morgan fingerprint density at radius 3 is 2.83 bits per heavy atom. The summed E-state index contributed by atoms with van der Waals surface area (Å²) in [6, 6.07) is 5.48. The summed E-state index contributed by atoms with van der Waals surface area (Å²) in [4.78, 5) is 29.2. The largest absolute Gasteiger partial charge is 0.351 e. The summed E-state index contributed by atoms with van der Waals surface area (Å²) in [5, 5.41) is 5.72. The predicted octanol–water partition coefficient (Wildman–Crippen LogP) is 2.69.